The molecular formula is C17H20N6O2. The van der Waals surface area contributed by atoms with Crippen molar-refractivity contribution in [3.05, 3.63) is 58.7 Å². The van der Waals surface area contributed by atoms with Gasteiger partial charge >= 0.3 is 0 Å². The maximum absolute atomic E-state index is 12.2. The lowest BCUT2D eigenvalue weighted by molar-refractivity contribution is 0.210. The third-order valence-electron chi connectivity index (χ3n) is 4.55. The molecule has 25 heavy (non-hydrogen) atoms. The van der Waals surface area contributed by atoms with E-state index in [2.05, 4.69) is 20.1 Å². The Labute approximate surface area is 144 Å². The van der Waals surface area contributed by atoms with Gasteiger partial charge in [0.2, 0.25) is 0 Å². The molecule has 1 aliphatic rings. The predicted molar refractivity (Wildman–Crippen MR) is 90.3 cm³/mol. The molecule has 0 bridgehead atoms. The van der Waals surface area contributed by atoms with Crippen LogP contribution in [0.4, 0.5) is 0 Å². The fourth-order valence-corrected chi connectivity index (χ4v) is 3.31. The van der Waals surface area contributed by atoms with Gasteiger partial charge in [-0.1, -0.05) is 5.16 Å². The number of rotatable bonds is 5. The van der Waals surface area contributed by atoms with Gasteiger partial charge in [-0.05, 0) is 32.4 Å². The highest BCUT2D eigenvalue weighted by Crippen LogP contribution is 2.21. The molecule has 0 saturated carbocycles. The number of aryl methyl sites for hydroxylation is 1. The Morgan fingerprint density at radius 2 is 2.28 bits per heavy atom. The van der Waals surface area contributed by atoms with Crippen molar-refractivity contribution in [3.63, 3.8) is 0 Å². The van der Waals surface area contributed by atoms with E-state index in [1.165, 1.54) is 0 Å². The van der Waals surface area contributed by atoms with E-state index in [9.17, 15) is 4.79 Å². The minimum Gasteiger partial charge on any atom is -0.361 e. The molecule has 0 aliphatic carbocycles. The molecule has 8 heteroatoms. The molecule has 0 radical (unpaired) electrons. The van der Waals surface area contributed by atoms with Gasteiger partial charge in [0.1, 0.15) is 12.1 Å². The molecule has 0 spiro atoms. The van der Waals surface area contributed by atoms with E-state index in [0.717, 1.165) is 37.4 Å². The first-order chi connectivity index (χ1) is 12.2. The van der Waals surface area contributed by atoms with E-state index in [1.54, 1.807) is 33.9 Å². The SMILES string of the molecule is Cc1cc(CN2CCCC2Cn2nc(-n3ccnc3)ccc2=O)no1. The largest absolute Gasteiger partial charge is 0.361 e. The fraction of sp³-hybridized carbons (Fsp3) is 0.412. The van der Waals surface area contributed by atoms with E-state index in [-0.39, 0.29) is 11.6 Å². The normalized spacial score (nSPS) is 18.0. The van der Waals surface area contributed by atoms with Crippen LogP contribution in [-0.4, -0.2) is 42.0 Å². The van der Waals surface area contributed by atoms with Gasteiger partial charge in [-0.15, -0.1) is 0 Å². The highest BCUT2D eigenvalue weighted by molar-refractivity contribution is 5.19. The monoisotopic (exact) mass is 340 g/mol. The van der Waals surface area contributed by atoms with E-state index in [1.807, 2.05) is 19.2 Å². The summed E-state index contributed by atoms with van der Waals surface area (Å²) in [6.07, 6.45) is 7.32. The van der Waals surface area contributed by atoms with Gasteiger partial charge in [0.05, 0.1) is 12.2 Å². The summed E-state index contributed by atoms with van der Waals surface area (Å²) in [5.41, 5.74) is 0.838. The Morgan fingerprint density at radius 1 is 1.36 bits per heavy atom. The molecule has 3 aromatic heterocycles. The lowest BCUT2D eigenvalue weighted by atomic mass is 10.2. The molecule has 130 valence electrons. The summed E-state index contributed by atoms with van der Waals surface area (Å²) in [6.45, 7) is 4.19. The zero-order valence-corrected chi connectivity index (χ0v) is 14.1. The molecule has 0 N–H and O–H groups in total. The standard InChI is InChI=1S/C17H20N6O2/c1-13-9-14(20-25-13)10-21-7-2-3-15(21)11-23-17(24)5-4-16(19-23)22-8-6-18-12-22/h4-6,8-9,12,15H,2-3,7,10-11H2,1H3. The van der Waals surface area contributed by atoms with Gasteiger partial charge < -0.3 is 4.52 Å². The summed E-state index contributed by atoms with van der Waals surface area (Å²) >= 11 is 0. The van der Waals surface area contributed by atoms with Crippen LogP contribution in [-0.2, 0) is 13.1 Å². The molecule has 0 aromatic carbocycles. The summed E-state index contributed by atoms with van der Waals surface area (Å²) < 4.78 is 8.49. The summed E-state index contributed by atoms with van der Waals surface area (Å²) in [4.78, 5) is 18.6. The van der Waals surface area contributed by atoms with Gasteiger partial charge in [0, 0.05) is 37.1 Å². The summed E-state index contributed by atoms with van der Waals surface area (Å²) in [5, 5.41) is 8.57. The Hall–Kier alpha value is -2.74. The van der Waals surface area contributed by atoms with Crippen molar-refractivity contribution < 1.29 is 4.52 Å². The van der Waals surface area contributed by atoms with Gasteiger partial charge in [-0.3, -0.25) is 14.3 Å². The first-order valence-corrected chi connectivity index (χ1v) is 8.42. The number of aromatic nitrogens is 5. The number of likely N-dealkylation sites (tertiary alicyclic amines) is 1. The summed E-state index contributed by atoms with van der Waals surface area (Å²) in [7, 11) is 0. The first-order valence-electron chi connectivity index (χ1n) is 8.42. The summed E-state index contributed by atoms with van der Waals surface area (Å²) in [5.74, 6) is 1.51. The molecule has 1 atom stereocenters. The van der Waals surface area contributed by atoms with Gasteiger partial charge in [-0.25, -0.2) is 9.67 Å². The second-order valence-corrected chi connectivity index (χ2v) is 6.38. The molecule has 3 aromatic rings. The molecule has 4 heterocycles. The van der Waals surface area contributed by atoms with Gasteiger partial charge in [0.15, 0.2) is 5.82 Å². The highest BCUT2D eigenvalue weighted by atomic mass is 16.5. The van der Waals surface area contributed by atoms with Gasteiger partial charge in [0.25, 0.3) is 5.56 Å². The van der Waals surface area contributed by atoms with Crippen molar-refractivity contribution in [1.82, 2.24) is 29.4 Å². The van der Waals surface area contributed by atoms with Crippen LogP contribution in [0, 0.1) is 6.92 Å². The number of hydrogen-bond acceptors (Lipinski definition) is 6. The van der Waals surface area contributed by atoms with Crippen LogP contribution in [0.15, 0.2) is 46.2 Å². The number of hydrogen-bond donors (Lipinski definition) is 0. The molecular weight excluding hydrogens is 320 g/mol. The van der Waals surface area contributed by atoms with Crippen molar-refractivity contribution in [1.29, 1.82) is 0 Å². The van der Waals surface area contributed by atoms with Crippen molar-refractivity contribution in [2.24, 2.45) is 0 Å². The smallest absolute Gasteiger partial charge is 0.266 e. The Bertz CT molecular complexity index is 898. The lowest BCUT2D eigenvalue weighted by Gasteiger charge is -2.23. The van der Waals surface area contributed by atoms with Crippen molar-refractivity contribution in [3.8, 4) is 5.82 Å². The van der Waals surface area contributed by atoms with Crippen LogP contribution in [0.3, 0.4) is 0 Å². The maximum atomic E-state index is 12.2. The Kier molecular flexibility index (Phi) is 4.19. The minimum absolute atomic E-state index is 0.0898. The van der Waals surface area contributed by atoms with Crippen molar-refractivity contribution in [2.45, 2.75) is 38.9 Å². The fourth-order valence-electron chi connectivity index (χ4n) is 3.31. The third kappa shape index (κ3) is 3.39. The molecule has 1 fully saturated rings. The zero-order valence-electron chi connectivity index (χ0n) is 14.1. The van der Waals surface area contributed by atoms with Crippen molar-refractivity contribution >= 4 is 0 Å². The molecule has 8 nitrogen and oxygen atoms in total. The summed E-state index contributed by atoms with van der Waals surface area (Å²) in [6, 6.07) is 5.49. The lowest BCUT2D eigenvalue weighted by Crippen LogP contribution is -2.37. The molecule has 1 aliphatic heterocycles. The average Bonchev–Trinajstić information content (AvgIpc) is 3.33. The van der Waals surface area contributed by atoms with Crippen LogP contribution >= 0.6 is 0 Å². The predicted octanol–water partition coefficient (Wildman–Crippen LogP) is 1.39. The van der Waals surface area contributed by atoms with E-state index in [4.69, 9.17) is 4.52 Å². The first kappa shape index (κ1) is 15.8. The topological polar surface area (TPSA) is 82.0 Å². The van der Waals surface area contributed by atoms with E-state index >= 15 is 0 Å². The number of nitrogens with zero attached hydrogens (tertiary/aromatic N) is 6. The van der Waals surface area contributed by atoms with Crippen molar-refractivity contribution in [2.75, 3.05) is 6.54 Å². The Balaban J connectivity index is 1.52. The van der Waals surface area contributed by atoms with Crippen LogP contribution < -0.4 is 5.56 Å². The van der Waals surface area contributed by atoms with Crippen LogP contribution in [0.5, 0.6) is 0 Å². The molecule has 0 amide bonds. The highest BCUT2D eigenvalue weighted by Gasteiger charge is 2.26. The molecule has 1 unspecified atom stereocenters. The molecule has 1 saturated heterocycles. The second-order valence-electron chi connectivity index (χ2n) is 6.38. The van der Waals surface area contributed by atoms with E-state index in [0.29, 0.717) is 12.4 Å². The quantitative estimate of drug-likeness (QED) is 0.698. The van der Waals surface area contributed by atoms with Crippen LogP contribution in [0.2, 0.25) is 0 Å². The second kappa shape index (κ2) is 6.64. The van der Waals surface area contributed by atoms with Gasteiger partial charge in [-0.2, -0.15) is 5.10 Å². The van der Waals surface area contributed by atoms with E-state index < -0.39 is 0 Å². The third-order valence-corrected chi connectivity index (χ3v) is 4.55. The molecule has 4 rings (SSSR count). The average molecular weight is 340 g/mol. The van der Waals surface area contributed by atoms with Crippen LogP contribution in [0.25, 0.3) is 5.82 Å². The number of imidazole rings is 1. The Morgan fingerprint density at radius 3 is 3.04 bits per heavy atom. The zero-order chi connectivity index (χ0) is 17.2. The maximum Gasteiger partial charge on any atom is 0.266 e. The minimum atomic E-state index is -0.0898. The van der Waals surface area contributed by atoms with Crippen LogP contribution in [0.1, 0.15) is 24.3 Å².